The molecule has 3 N–H and O–H groups in total. The van der Waals surface area contributed by atoms with Crippen LogP contribution < -0.4 is 10.6 Å². The maximum atomic E-state index is 11.3. The number of aliphatic hydroxyl groups excluding tert-OH is 1. The Hall–Kier alpha value is -0.940. The lowest BCUT2D eigenvalue weighted by molar-refractivity contribution is -0.123. The summed E-state index contributed by atoms with van der Waals surface area (Å²) in [6, 6.07) is -0.299. The van der Waals surface area contributed by atoms with Crippen molar-refractivity contribution < 1.29 is 14.7 Å². The first kappa shape index (κ1) is 15.1. The highest BCUT2D eigenvalue weighted by Crippen LogP contribution is 2.03. The van der Waals surface area contributed by atoms with Crippen LogP contribution in [-0.4, -0.2) is 43.0 Å². The van der Waals surface area contributed by atoms with E-state index in [1.807, 2.05) is 0 Å². The molecule has 94 valence electrons. The lowest BCUT2D eigenvalue weighted by Crippen LogP contribution is -2.33. The molecule has 0 saturated heterocycles. The summed E-state index contributed by atoms with van der Waals surface area (Å²) >= 11 is 0. The first-order valence-electron chi connectivity index (χ1n) is 5.66. The zero-order valence-corrected chi connectivity index (χ0v) is 10.0. The van der Waals surface area contributed by atoms with Crippen molar-refractivity contribution >= 4 is 12.2 Å². The van der Waals surface area contributed by atoms with E-state index in [-0.39, 0.29) is 18.6 Å². The summed E-state index contributed by atoms with van der Waals surface area (Å²) in [6.45, 7) is 1.76. The molecular formula is C11H22N2O3. The van der Waals surface area contributed by atoms with Gasteiger partial charge in [-0.1, -0.05) is 6.42 Å². The molecule has 0 spiro atoms. The number of aliphatic hydroxyl groups is 1. The number of nitrogens with one attached hydrogen (secondary N) is 2. The molecule has 0 aliphatic rings. The SMILES string of the molecule is CNC(CO)CCCCC(=O)NC(C)C=O. The summed E-state index contributed by atoms with van der Waals surface area (Å²) in [4.78, 5) is 21.5. The first-order valence-corrected chi connectivity index (χ1v) is 5.66. The summed E-state index contributed by atoms with van der Waals surface area (Å²) in [5.41, 5.74) is 0. The fourth-order valence-corrected chi connectivity index (χ4v) is 1.36. The van der Waals surface area contributed by atoms with E-state index in [1.165, 1.54) is 0 Å². The fraction of sp³-hybridized carbons (Fsp3) is 0.818. The van der Waals surface area contributed by atoms with Gasteiger partial charge in [-0.3, -0.25) is 4.79 Å². The van der Waals surface area contributed by atoms with Crippen LogP contribution in [0.25, 0.3) is 0 Å². The largest absolute Gasteiger partial charge is 0.395 e. The number of likely N-dealkylation sites (N-methyl/N-ethyl adjacent to an activating group) is 1. The Balaban J connectivity index is 3.51. The van der Waals surface area contributed by atoms with Crippen molar-refractivity contribution in [2.45, 2.75) is 44.7 Å². The first-order chi connectivity index (χ1) is 7.63. The topological polar surface area (TPSA) is 78.4 Å². The number of aldehydes is 1. The van der Waals surface area contributed by atoms with Crippen LogP contribution in [0.15, 0.2) is 0 Å². The molecular weight excluding hydrogens is 208 g/mol. The summed E-state index contributed by atoms with van der Waals surface area (Å²) in [5, 5.41) is 14.5. The zero-order valence-electron chi connectivity index (χ0n) is 10.0. The smallest absolute Gasteiger partial charge is 0.220 e. The molecule has 0 rings (SSSR count). The molecule has 2 atom stereocenters. The predicted molar refractivity (Wildman–Crippen MR) is 62.1 cm³/mol. The van der Waals surface area contributed by atoms with Gasteiger partial charge in [-0.2, -0.15) is 0 Å². The van der Waals surface area contributed by atoms with Crippen molar-refractivity contribution in [1.29, 1.82) is 0 Å². The van der Waals surface area contributed by atoms with Gasteiger partial charge < -0.3 is 20.5 Å². The average Bonchev–Trinajstić information content (AvgIpc) is 2.29. The minimum Gasteiger partial charge on any atom is -0.395 e. The number of hydrogen-bond acceptors (Lipinski definition) is 4. The van der Waals surface area contributed by atoms with Crippen LogP contribution in [0.2, 0.25) is 0 Å². The molecule has 0 aromatic carbocycles. The second-order valence-corrected chi connectivity index (χ2v) is 3.91. The summed E-state index contributed by atoms with van der Waals surface area (Å²) in [7, 11) is 1.80. The molecule has 2 unspecified atom stereocenters. The molecule has 1 amide bonds. The third-order valence-corrected chi connectivity index (χ3v) is 2.43. The van der Waals surface area contributed by atoms with Gasteiger partial charge in [0.05, 0.1) is 12.6 Å². The Bertz CT molecular complexity index is 205. The Kier molecular flexibility index (Phi) is 8.75. The number of carbonyl (C=O) groups excluding carboxylic acids is 2. The van der Waals surface area contributed by atoms with Gasteiger partial charge in [-0.25, -0.2) is 0 Å². The molecule has 0 fully saturated rings. The minimum absolute atomic E-state index is 0.0930. The monoisotopic (exact) mass is 230 g/mol. The van der Waals surface area contributed by atoms with Crippen LogP contribution in [0, 0.1) is 0 Å². The summed E-state index contributed by atoms with van der Waals surface area (Å²) in [5.74, 6) is -0.0930. The second kappa shape index (κ2) is 9.30. The molecule has 0 aliphatic carbocycles. The maximum absolute atomic E-state index is 11.3. The van der Waals surface area contributed by atoms with Crippen molar-refractivity contribution in [2.75, 3.05) is 13.7 Å². The van der Waals surface area contributed by atoms with E-state index in [4.69, 9.17) is 5.11 Å². The van der Waals surface area contributed by atoms with E-state index in [9.17, 15) is 9.59 Å². The van der Waals surface area contributed by atoms with E-state index in [2.05, 4.69) is 10.6 Å². The van der Waals surface area contributed by atoms with Crippen LogP contribution in [0.5, 0.6) is 0 Å². The average molecular weight is 230 g/mol. The van der Waals surface area contributed by atoms with E-state index in [0.29, 0.717) is 12.7 Å². The van der Waals surface area contributed by atoms with Gasteiger partial charge >= 0.3 is 0 Å². The highest BCUT2D eigenvalue weighted by atomic mass is 16.3. The number of hydrogen-bond donors (Lipinski definition) is 3. The van der Waals surface area contributed by atoms with E-state index in [1.54, 1.807) is 14.0 Å². The van der Waals surface area contributed by atoms with E-state index in [0.717, 1.165) is 19.3 Å². The molecule has 5 heteroatoms. The molecule has 0 aromatic heterocycles. The van der Waals surface area contributed by atoms with Crippen LogP contribution in [-0.2, 0) is 9.59 Å². The molecule has 0 bridgehead atoms. The number of rotatable bonds is 9. The minimum atomic E-state index is -0.407. The normalized spacial score (nSPS) is 14.2. The predicted octanol–water partition coefficient (Wildman–Crippen LogP) is -0.169. The number of carbonyl (C=O) groups is 2. The third kappa shape index (κ3) is 7.36. The maximum Gasteiger partial charge on any atom is 0.220 e. The second-order valence-electron chi connectivity index (χ2n) is 3.91. The number of amides is 1. The summed E-state index contributed by atoms with van der Waals surface area (Å²) < 4.78 is 0. The standard InChI is InChI=1S/C11H22N2O3/c1-9(7-14)13-11(16)6-4-3-5-10(8-15)12-2/h7,9-10,12,15H,3-6,8H2,1-2H3,(H,13,16). The van der Waals surface area contributed by atoms with Crippen molar-refractivity contribution in [2.24, 2.45) is 0 Å². The molecule has 0 aromatic rings. The molecule has 5 nitrogen and oxygen atoms in total. The Morgan fingerprint density at radius 3 is 2.62 bits per heavy atom. The van der Waals surface area contributed by atoms with E-state index >= 15 is 0 Å². The van der Waals surface area contributed by atoms with Crippen molar-refractivity contribution in [3.05, 3.63) is 0 Å². The Morgan fingerprint density at radius 1 is 1.44 bits per heavy atom. The van der Waals surface area contributed by atoms with E-state index < -0.39 is 6.04 Å². The fourth-order valence-electron chi connectivity index (χ4n) is 1.36. The van der Waals surface area contributed by atoms with Gasteiger partial charge in [0.2, 0.25) is 5.91 Å². The van der Waals surface area contributed by atoms with Crippen molar-refractivity contribution in [1.82, 2.24) is 10.6 Å². The Morgan fingerprint density at radius 2 is 2.12 bits per heavy atom. The van der Waals surface area contributed by atoms with Gasteiger partial charge in [-0.15, -0.1) is 0 Å². The molecule has 0 saturated carbocycles. The number of unbranched alkanes of at least 4 members (excludes halogenated alkanes) is 1. The highest BCUT2D eigenvalue weighted by Gasteiger charge is 2.07. The quantitative estimate of drug-likeness (QED) is 0.379. The third-order valence-electron chi connectivity index (χ3n) is 2.43. The lowest BCUT2D eigenvalue weighted by atomic mass is 10.1. The van der Waals surface area contributed by atoms with Gasteiger partial charge in [0.25, 0.3) is 0 Å². The highest BCUT2D eigenvalue weighted by molar-refractivity contribution is 5.79. The Labute approximate surface area is 96.6 Å². The van der Waals surface area contributed by atoms with Gasteiger partial charge in [-0.05, 0) is 26.8 Å². The van der Waals surface area contributed by atoms with Gasteiger partial charge in [0.15, 0.2) is 0 Å². The molecule has 16 heavy (non-hydrogen) atoms. The summed E-state index contributed by atoms with van der Waals surface area (Å²) in [6.07, 6.45) is 3.65. The van der Waals surface area contributed by atoms with Crippen molar-refractivity contribution in [3.8, 4) is 0 Å². The molecule has 0 heterocycles. The molecule has 0 radical (unpaired) electrons. The molecule has 0 aliphatic heterocycles. The van der Waals surface area contributed by atoms with Crippen LogP contribution in [0.3, 0.4) is 0 Å². The van der Waals surface area contributed by atoms with Crippen LogP contribution in [0.4, 0.5) is 0 Å². The van der Waals surface area contributed by atoms with Gasteiger partial charge in [0.1, 0.15) is 6.29 Å². The van der Waals surface area contributed by atoms with Crippen LogP contribution >= 0.6 is 0 Å². The zero-order chi connectivity index (χ0) is 12.4. The lowest BCUT2D eigenvalue weighted by Gasteiger charge is -2.12. The van der Waals surface area contributed by atoms with Gasteiger partial charge in [0, 0.05) is 12.5 Å². The van der Waals surface area contributed by atoms with Crippen LogP contribution in [0.1, 0.15) is 32.6 Å². The van der Waals surface area contributed by atoms with Crippen molar-refractivity contribution in [3.63, 3.8) is 0 Å².